The predicted octanol–water partition coefficient (Wildman–Crippen LogP) is 3.08. The van der Waals surface area contributed by atoms with Gasteiger partial charge in [0.1, 0.15) is 5.69 Å². The third-order valence-corrected chi connectivity index (χ3v) is 6.54. The minimum atomic E-state index is -0.437. The van der Waals surface area contributed by atoms with Crippen molar-refractivity contribution in [2.75, 3.05) is 18.0 Å². The van der Waals surface area contributed by atoms with Crippen LogP contribution in [0, 0.1) is 5.92 Å². The molecule has 3 aromatic rings. The van der Waals surface area contributed by atoms with Crippen molar-refractivity contribution in [2.45, 2.75) is 26.3 Å². The number of carbonyl (C=O) groups excluding carboxylic acids is 1. The molecule has 28 heavy (non-hydrogen) atoms. The molecule has 1 aliphatic heterocycles. The summed E-state index contributed by atoms with van der Waals surface area (Å²) >= 11 is 4.82. The third kappa shape index (κ3) is 3.95. The van der Waals surface area contributed by atoms with Crippen LogP contribution in [-0.4, -0.2) is 33.6 Å². The first-order valence-corrected chi connectivity index (χ1v) is 10.8. The van der Waals surface area contributed by atoms with E-state index in [0.29, 0.717) is 17.4 Å². The largest absolute Gasteiger partial charge is 0.347 e. The number of nitrogens with zero attached hydrogens (tertiary/aromatic N) is 4. The van der Waals surface area contributed by atoms with Crippen molar-refractivity contribution >= 4 is 43.3 Å². The monoisotopic (exact) mass is 461 g/mol. The van der Waals surface area contributed by atoms with Crippen molar-refractivity contribution in [3.05, 3.63) is 56.4 Å². The van der Waals surface area contributed by atoms with Crippen LogP contribution in [0.25, 0.3) is 4.96 Å². The smallest absolute Gasteiger partial charge is 0.274 e. The lowest BCUT2D eigenvalue weighted by Crippen LogP contribution is -2.34. The summed E-state index contributed by atoms with van der Waals surface area (Å²) in [5.41, 5.74) is 0.720. The van der Waals surface area contributed by atoms with Crippen LogP contribution < -0.4 is 15.8 Å². The summed E-state index contributed by atoms with van der Waals surface area (Å²) in [5.74, 6) is 0.245. The Bertz CT molecular complexity index is 1080. The molecule has 2 aromatic heterocycles. The van der Waals surface area contributed by atoms with Crippen molar-refractivity contribution in [2.24, 2.45) is 5.92 Å². The van der Waals surface area contributed by atoms with Crippen molar-refractivity contribution in [1.82, 2.24) is 19.9 Å². The highest BCUT2D eigenvalue weighted by atomic mass is 79.9. The van der Waals surface area contributed by atoms with Crippen LogP contribution >= 0.6 is 27.3 Å². The SMILES string of the molecule is C[C@H]1CCCN(c2nn3c(C(=O)NCc4ccccc4Br)cc(=O)nc3s2)C1. The van der Waals surface area contributed by atoms with E-state index in [1.54, 1.807) is 0 Å². The number of fused-ring (bicyclic) bond motifs is 1. The summed E-state index contributed by atoms with van der Waals surface area (Å²) < 4.78 is 2.40. The van der Waals surface area contributed by atoms with Gasteiger partial charge in [0.05, 0.1) is 0 Å². The molecule has 1 aromatic carbocycles. The van der Waals surface area contributed by atoms with Gasteiger partial charge in [-0.3, -0.25) is 9.59 Å². The van der Waals surface area contributed by atoms with Gasteiger partial charge in [0.2, 0.25) is 10.1 Å². The molecular formula is C19H20BrN5O2S. The van der Waals surface area contributed by atoms with Gasteiger partial charge in [-0.25, -0.2) is 0 Å². The van der Waals surface area contributed by atoms with Gasteiger partial charge in [-0.15, -0.1) is 5.10 Å². The number of carbonyl (C=O) groups is 1. The number of aromatic nitrogens is 3. The second-order valence-electron chi connectivity index (χ2n) is 7.03. The number of nitrogens with one attached hydrogen (secondary N) is 1. The number of halogens is 1. The number of rotatable bonds is 4. The zero-order chi connectivity index (χ0) is 19.7. The molecule has 1 aliphatic rings. The molecule has 9 heteroatoms. The summed E-state index contributed by atoms with van der Waals surface area (Å²) in [6, 6.07) is 8.91. The maximum atomic E-state index is 12.8. The highest BCUT2D eigenvalue weighted by Crippen LogP contribution is 2.27. The first kappa shape index (κ1) is 19.1. The van der Waals surface area contributed by atoms with Gasteiger partial charge in [0.15, 0.2) is 0 Å². The second kappa shape index (κ2) is 8.00. The summed E-state index contributed by atoms with van der Waals surface area (Å²) in [6.07, 6.45) is 2.32. The molecule has 0 aliphatic carbocycles. The topological polar surface area (TPSA) is 79.6 Å². The minimum absolute atomic E-state index is 0.203. The molecule has 7 nitrogen and oxygen atoms in total. The summed E-state index contributed by atoms with van der Waals surface area (Å²) in [6.45, 7) is 4.42. The molecule has 4 rings (SSSR count). The zero-order valence-corrected chi connectivity index (χ0v) is 17.8. The Balaban J connectivity index is 1.61. The van der Waals surface area contributed by atoms with E-state index in [2.05, 4.69) is 43.2 Å². The fourth-order valence-corrected chi connectivity index (χ4v) is 4.73. The fourth-order valence-electron chi connectivity index (χ4n) is 3.37. The van der Waals surface area contributed by atoms with E-state index in [0.717, 1.165) is 34.7 Å². The third-order valence-electron chi connectivity index (χ3n) is 4.80. The molecule has 0 bridgehead atoms. The van der Waals surface area contributed by atoms with Gasteiger partial charge in [-0.05, 0) is 30.4 Å². The standard InChI is InChI=1S/C19H20BrN5O2S/c1-12-5-4-8-24(11-12)19-23-25-15(9-16(26)22-18(25)28-19)17(27)21-10-13-6-2-3-7-14(13)20/h2-3,6-7,9,12H,4-5,8,10-11H2,1H3,(H,21,27)/t12-/m0/s1. The van der Waals surface area contributed by atoms with Crippen molar-refractivity contribution in [3.8, 4) is 0 Å². The minimum Gasteiger partial charge on any atom is -0.347 e. The maximum Gasteiger partial charge on any atom is 0.274 e. The Kier molecular flexibility index (Phi) is 5.45. The van der Waals surface area contributed by atoms with Crippen LogP contribution in [0.1, 0.15) is 35.8 Å². The van der Waals surface area contributed by atoms with Gasteiger partial charge < -0.3 is 10.2 Å². The normalized spacial score (nSPS) is 17.1. The molecule has 0 radical (unpaired) electrons. The molecule has 0 saturated carbocycles. The van der Waals surface area contributed by atoms with Gasteiger partial charge in [-0.2, -0.15) is 9.50 Å². The highest BCUT2D eigenvalue weighted by molar-refractivity contribution is 9.10. The van der Waals surface area contributed by atoms with E-state index in [1.807, 2.05) is 24.3 Å². The summed E-state index contributed by atoms with van der Waals surface area (Å²) in [4.78, 5) is 31.5. The van der Waals surface area contributed by atoms with E-state index < -0.39 is 5.56 Å². The van der Waals surface area contributed by atoms with Gasteiger partial charge >= 0.3 is 0 Å². The first-order valence-electron chi connectivity index (χ1n) is 9.19. The summed E-state index contributed by atoms with van der Waals surface area (Å²) in [7, 11) is 0. The van der Waals surface area contributed by atoms with Gasteiger partial charge in [0, 0.05) is 30.2 Å². The van der Waals surface area contributed by atoms with Crippen LogP contribution in [0.5, 0.6) is 0 Å². The lowest BCUT2D eigenvalue weighted by molar-refractivity contribution is 0.0943. The molecule has 146 valence electrons. The van der Waals surface area contributed by atoms with Crippen LogP contribution in [0.3, 0.4) is 0 Å². The van der Waals surface area contributed by atoms with Crippen LogP contribution in [0.4, 0.5) is 5.13 Å². The molecule has 1 atom stereocenters. The average molecular weight is 462 g/mol. The zero-order valence-electron chi connectivity index (χ0n) is 15.4. The Morgan fingerprint density at radius 2 is 2.21 bits per heavy atom. The number of piperidine rings is 1. The molecule has 3 heterocycles. The molecule has 1 saturated heterocycles. The van der Waals surface area contributed by atoms with Gasteiger partial charge in [-0.1, -0.05) is 52.4 Å². The number of hydrogen-bond donors (Lipinski definition) is 1. The van der Waals surface area contributed by atoms with Gasteiger partial charge in [0.25, 0.3) is 11.5 Å². The Morgan fingerprint density at radius 1 is 1.39 bits per heavy atom. The molecule has 0 spiro atoms. The van der Waals surface area contributed by atoms with E-state index in [4.69, 9.17) is 0 Å². The van der Waals surface area contributed by atoms with Crippen molar-refractivity contribution < 1.29 is 4.79 Å². The lowest BCUT2D eigenvalue weighted by atomic mass is 10.0. The number of amides is 1. The second-order valence-corrected chi connectivity index (χ2v) is 8.81. The molecule has 1 fully saturated rings. The van der Waals surface area contributed by atoms with Crippen LogP contribution in [-0.2, 0) is 6.54 Å². The maximum absolute atomic E-state index is 12.8. The molecular weight excluding hydrogens is 442 g/mol. The Hall–Kier alpha value is -2.26. The number of benzene rings is 1. The Morgan fingerprint density at radius 3 is 3.00 bits per heavy atom. The van der Waals surface area contributed by atoms with E-state index in [-0.39, 0.29) is 11.6 Å². The van der Waals surface area contributed by atoms with E-state index >= 15 is 0 Å². The molecule has 1 N–H and O–H groups in total. The lowest BCUT2D eigenvalue weighted by Gasteiger charge is -2.30. The molecule has 0 unspecified atom stereocenters. The van der Waals surface area contributed by atoms with Crippen LogP contribution in [0.15, 0.2) is 39.6 Å². The average Bonchev–Trinajstić information content (AvgIpc) is 3.10. The van der Waals surface area contributed by atoms with E-state index in [9.17, 15) is 9.59 Å². The highest BCUT2D eigenvalue weighted by Gasteiger charge is 2.22. The fraction of sp³-hybridized carbons (Fsp3) is 0.368. The summed E-state index contributed by atoms with van der Waals surface area (Å²) in [5, 5.41) is 8.26. The number of hydrogen-bond acceptors (Lipinski definition) is 6. The molecule has 1 amide bonds. The van der Waals surface area contributed by atoms with Crippen molar-refractivity contribution in [3.63, 3.8) is 0 Å². The van der Waals surface area contributed by atoms with Crippen molar-refractivity contribution in [1.29, 1.82) is 0 Å². The first-order chi connectivity index (χ1) is 13.5. The quantitative estimate of drug-likeness (QED) is 0.645. The Labute approximate surface area is 174 Å². The predicted molar refractivity (Wildman–Crippen MR) is 113 cm³/mol. The van der Waals surface area contributed by atoms with Crippen LogP contribution in [0.2, 0.25) is 0 Å². The van der Waals surface area contributed by atoms with E-state index in [1.165, 1.54) is 28.3 Å². The number of anilines is 1.